The van der Waals surface area contributed by atoms with Crippen LogP contribution in [-0.4, -0.2) is 23.5 Å². The number of rotatable bonds is 3. The van der Waals surface area contributed by atoms with Crippen molar-refractivity contribution in [2.24, 2.45) is 5.92 Å². The zero-order valence-corrected chi connectivity index (χ0v) is 11.5. The smallest absolute Gasteiger partial charge is 0.407 e. The number of allylic oxidation sites excluding steroid dienone is 1. The Hall–Kier alpha value is -1.32. The van der Waals surface area contributed by atoms with Gasteiger partial charge in [-0.15, -0.1) is 0 Å². The number of nitrogens with one attached hydrogen (secondary N) is 1. The molecule has 0 radical (unpaired) electrons. The summed E-state index contributed by atoms with van der Waals surface area (Å²) in [6.45, 7) is 9.00. The predicted molar refractivity (Wildman–Crippen MR) is 70.3 cm³/mol. The average Bonchev–Trinajstić information content (AvgIpc) is 2.25. The lowest BCUT2D eigenvalue weighted by molar-refractivity contribution is -0.119. The van der Waals surface area contributed by atoms with E-state index < -0.39 is 11.7 Å². The molecule has 2 atom stereocenters. The number of hydrogen-bond acceptors (Lipinski definition) is 3. The van der Waals surface area contributed by atoms with Crippen molar-refractivity contribution in [2.75, 3.05) is 0 Å². The monoisotopic (exact) mass is 253 g/mol. The lowest BCUT2D eigenvalue weighted by Crippen LogP contribution is -2.42. The summed E-state index contributed by atoms with van der Waals surface area (Å²) in [6.07, 6.45) is 4.39. The zero-order chi connectivity index (χ0) is 13.8. The molecule has 1 amide bonds. The molecule has 4 nitrogen and oxygen atoms in total. The number of ether oxygens (including phenoxy) is 1. The number of carbonyl (C=O) groups is 2. The van der Waals surface area contributed by atoms with E-state index in [1.54, 1.807) is 0 Å². The summed E-state index contributed by atoms with van der Waals surface area (Å²) in [6, 6.07) is 0.0301. The Kier molecular flexibility index (Phi) is 4.93. The van der Waals surface area contributed by atoms with Gasteiger partial charge in [-0.2, -0.15) is 0 Å². The quantitative estimate of drug-likeness (QED) is 0.787. The first-order valence-corrected chi connectivity index (χ1v) is 6.47. The van der Waals surface area contributed by atoms with Crippen molar-refractivity contribution in [3.05, 3.63) is 12.7 Å². The van der Waals surface area contributed by atoms with E-state index in [4.69, 9.17) is 4.74 Å². The molecule has 0 aromatic heterocycles. The van der Waals surface area contributed by atoms with E-state index in [0.29, 0.717) is 6.42 Å². The van der Waals surface area contributed by atoms with Crippen molar-refractivity contribution < 1.29 is 14.3 Å². The number of ketones is 1. The van der Waals surface area contributed by atoms with E-state index in [-0.39, 0.29) is 17.7 Å². The summed E-state index contributed by atoms with van der Waals surface area (Å²) in [4.78, 5) is 23.2. The second-order valence-electron chi connectivity index (χ2n) is 5.81. The molecule has 102 valence electrons. The van der Waals surface area contributed by atoms with Crippen LogP contribution in [0.3, 0.4) is 0 Å². The van der Waals surface area contributed by atoms with Gasteiger partial charge in [0.1, 0.15) is 5.60 Å². The Morgan fingerprint density at radius 1 is 1.33 bits per heavy atom. The van der Waals surface area contributed by atoms with Gasteiger partial charge in [0, 0.05) is 12.0 Å². The molecule has 0 bridgehead atoms. The van der Waals surface area contributed by atoms with E-state index in [1.165, 1.54) is 6.08 Å². The molecule has 0 aromatic carbocycles. The number of alkyl carbamates (subject to hydrolysis) is 1. The summed E-state index contributed by atoms with van der Waals surface area (Å²) in [5, 5.41) is 2.84. The molecule has 0 aliphatic heterocycles. The Balaban J connectivity index is 2.45. The molecule has 0 unspecified atom stereocenters. The molecule has 18 heavy (non-hydrogen) atoms. The third kappa shape index (κ3) is 4.90. The molecule has 0 aromatic rings. The largest absolute Gasteiger partial charge is 0.444 e. The molecule has 1 N–H and O–H groups in total. The van der Waals surface area contributed by atoms with Crippen molar-refractivity contribution in [1.29, 1.82) is 0 Å². The van der Waals surface area contributed by atoms with Gasteiger partial charge in [0.05, 0.1) is 0 Å². The summed E-state index contributed by atoms with van der Waals surface area (Å²) in [5.74, 6) is 0.0712. The third-order valence-electron chi connectivity index (χ3n) is 3.00. The van der Waals surface area contributed by atoms with Crippen LogP contribution < -0.4 is 5.32 Å². The summed E-state index contributed by atoms with van der Waals surface area (Å²) >= 11 is 0. The molecule has 0 spiro atoms. The molecule has 1 aliphatic rings. The lowest BCUT2D eigenvalue weighted by Gasteiger charge is -2.29. The highest BCUT2D eigenvalue weighted by Gasteiger charge is 2.27. The minimum absolute atomic E-state index is 0.00353. The molecular formula is C14H23NO3. The first kappa shape index (κ1) is 14.7. The lowest BCUT2D eigenvalue weighted by atomic mass is 9.83. The van der Waals surface area contributed by atoms with Crippen LogP contribution in [0.5, 0.6) is 0 Å². The molecule has 0 heterocycles. The van der Waals surface area contributed by atoms with Gasteiger partial charge >= 0.3 is 6.09 Å². The van der Waals surface area contributed by atoms with E-state index in [9.17, 15) is 9.59 Å². The van der Waals surface area contributed by atoms with E-state index in [2.05, 4.69) is 11.9 Å². The molecule has 1 rings (SSSR count). The van der Waals surface area contributed by atoms with Gasteiger partial charge in [0.25, 0.3) is 0 Å². The van der Waals surface area contributed by atoms with Crippen molar-refractivity contribution >= 4 is 11.9 Å². The Morgan fingerprint density at radius 3 is 2.56 bits per heavy atom. The van der Waals surface area contributed by atoms with Crippen LogP contribution in [0.25, 0.3) is 0 Å². The maximum absolute atomic E-state index is 11.6. The van der Waals surface area contributed by atoms with Crippen LogP contribution in [0, 0.1) is 5.92 Å². The molecule has 1 saturated carbocycles. The molecule has 0 saturated heterocycles. The number of carbonyl (C=O) groups excluding carboxylic acids is 2. The standard InChI is InChI=1S/C14H23NO3/c1-5-12(16)10-7-6-8-11(9-10)15-13(17)18-14(2,3)4/h5,10-11H,1,6-9H2,2-4H3,(H,15,17)/t10-,11+/m0/s1. The Bertz CT molecular complexity index is 330. The van der Waals surface area contributed by atoms with E-state index in [0.717, 1.165) is 19.3 Å². The Labute approximate surface area is 109 Å². The van der Waals surface area contributed by atoms with Gasteiger partial charge < -0.3 is 10.1 Å². The van der Waals surface area contributed by atoms with Crippen molar-refractivity contribution in [1.82, 2.24) is 5.32 Å². The maximum atomic E-state index is 11.6. The second kappa shape index (κ2) is 6.03. The highest BCUT2D eigenvalue weighted by molar-refractivity contribution is 5.91. The van der Waals surface area contributed by atoms with E-state index in [1.807, 2.05) is 20.8 Å². The predicted octanol–water partition coefficient (Wildman–Crippen LogP) is 2.83. The van der Waals surface area contributed by atoms with Gasteiger partial charge in [-0.3, -0.25) is 4.79 Å². The number of amides is 1. The topological polar surface area (TPSA) is 55.4 Å². The van der Waals surface area contributed by atoms with Gasteiger partial charge in [-0.25, -0.2) is 4.79 Å². The van der Waals surface area contributed by atoms with Crippen molar-refractivity contribution in [2.45, 2.75) is 58.1 Å². The summed E-state index contributed by atoms with van der Waals surface area (Å²) < 4.78 is 5.21. The third-order valence-corrected chi connectivity index (χ3v) is 3.00. The summed E-state index contributed by atoms with van der Waals surface area (Å²) in [7, 11) is 0. The van der Waals surface area contributed by atoms with Crippen LogP contribution in [-0.2, 0) is 9.53 Å². The maximum Gasteiger partial charge on any atom is 0.407 e. The van der Waals surface area contributed by atoms with Crippen LogP contribution in [0.15, 0.2) is 12.7 Å². The number of hydrogen-bond donors (Lipinski definition) is 1. The van der Waals surface area contributed by atoms with Gasteiger partial charge in [0.2, 0.25) is 0 Å². The molecule has 1 aliphatic carbocycles. The van der Waals surface area contributed by atoms with Gasteiger partial charge in [0.15, 0.2) is 5.78 Å². The van der Waals surface area contributed by atoms with Gasteiger partial charge in [-0.05, 0) is 46.1 Å². The average molecular weight is 253 g/mol. The first-order chi connectivity index (χ1) is 8.31. The van der Waals surface area contributed by atoms with E-state index >= 15 is 0 Å². The SMILES string of the molecule is C=CC(=O)[C@H]1CCC[C@@H](NC(=O)OC(C)(C)C)C1. The minimum Gasteiger partial charge on any atom is -0.444 e. The molecule has 4 heteroatoms. The fourth-order valence-corrected chi connectivity index (χ4v) is 2.22. The fourth-order valence-electron chi connectivity index (χ4n) is 2.22. The minimum atomic E-state index is -0.491. The zero-order valence-electron chi connectivity index (χ0n) is 11.5. The second-order valence-corrected chi connectivity index (χ2v) is 5.81. The van der Waals surface area contributed by atoms with Crippen LogP contribution >= 0.6 is 0 Å². The molecule has 1 fully saturated rings. The van der Waals surface area contributed by atoms with Crippen LogP contribution in [0.1, 0.15) is 46.5 Å². The highest BCUT2D eigenvalue weighted by Crippen LogP contribution is 2.25. The van der Waals surface area contributed by atoms with Crippen molar-refractivity contribution in [3.8, 4) is 0 Å². The fraction of sp³-hybridized carbons (Fsp3) is 0.714. The highest BCUT2D eigenvalue weighted by atomic mass is 16.6. The van der Waals surface area contributed by atoms with Crippen LogP contribution in [0.2, 0.25) is 0 Å². The first-order valence-electron chi connectivity index (χ1n) is 6.47. The normalized spacial score (nSPS) is 24.2. The van der Waals surface area contributed by atoms with Gasteiger partial charge in [-0.1, -0.05) is 13.0 Å². The van der Waals surface area contributed by atoms with Crippen molar-refractivity contribution in [3.63, 3.8) is 0 Å². The molecular weight excluding hydrogens is 230 g/mol. The van der Waals surface area contributed by atoms with Crippen LogP contribution in [0.4, 0.5) is 4.79 Å². The Morgan fingerprint density at radius 2 is 2.00 bits per heavy atom. The summed E-state index contributed by atoms with van der Waals surface area (Å²) in [5.41, 5.74) is -0.491.